The smallest absolute Gasteiger partial charge is 0.159 e. The van der Waals surface area contributed by atoms with Gasteiger partial charge in [-0.3, -0.25) is 0 Å². The standard InChI is InChI=1S/C48H32N6/c1-4-14-32(15-5-1)46-50-47(33-16-6-2-7-17-33)52-48(51-46)35-18-12-21-37(27-35)53-43-26-25-42-41(30-49-54(42)36-19-8-3-9-20-36)45(43)40-29-39-34(28-44(40)53)24-23-31-13-10-11-22-38(31)39/h1-30,46H,(H,50,51,52). The van der Waals surface area contributed by atoms with Gasteiger partial charge in [0.25, 0.3) is 0 Å². The molecular formula is C48H32N6. The Hall–Kier alpha value is -7.31. The molecule has 6 nitrogen and oxygen atoms in total. The molecule has 1 unspecified atom stereocenters. The summed E-state index contributed by atoms with van der Waals surface area (Å²) in [5.74, 6) is 1.49. The number of nitrogens with zero attached hydrogens (tertiary/aromatic N) is 5. The van der Waals surface area contributed by atoms with E-state index in [1.165, 1.54) is 32.3 Å². The number of hydrogen-bond donors (Lipinski definition) is 1. The van der Waals surface area contributed by atoms with Gasteiger partial charge in [-0.25, -0.2) is 14.7 Å². The van der Waals surface area contributed by atoms with Crippen molar-refractivity contribution in [3.8, 4) is 11.4 Å². The highest BCUT2D eigenvalue weighted by Gasteiger charge is 2.23. The van der Waals surface area contributed by atoms with Crippen LogP contribution >= 0.6 is 0 Å². The minimum atomic E-state index is -0.276. The van der Waals surface area contributed by atoms with Crippen LogP contribution in [0.3, 0.4) is 0 Å². The van der Waals surface area contributed by atoms with Crippen molar-refractivity contribution in [2.24, 2.45) is 9.98 Å². The van der Waals surface area contributed by atoms with E-state index in [1.807, 2.05) is 41.2 Å². The largest absolute Gasteiger partial charge is 0.344 e. The molecule has 1 N–H and O–H groups in total. The number of fused-ring (bicyclic) bond motifs is 8. The van der Waals surface area contributed by atoms with Crippen molar-refractivity contribution >= 4 is 65.9 Å². The summed E-state index contributed by atoms with van der Waals surface area (Å²) in [7, 11) is 0. The van der Waals surface area contributed by atoms with Crippen molar-refractivity contribution < 1.29 is 0 Å². The summed E-state index contributed by atoms with van der Waals surface area (Å²) in [5, 5.41) is 17.0. The predicted octanol–water partition coefficient (Wildman–Crippen LogP) is 10.9. The molecule has 0 saturated heterocycles. The number of rotatable bonds is 5. The van der Waals surface area contributed by atoms with Gasteiger partial charge < -0.3 is 9.88 Å². The first-order valence-corrected chi connectivity index (χ1v) is 18.2. The number of aliphatic imine (C=N–C) groups is 2. The Morgan fingerprint density at radius 2 is 1.19 bits per heavy atom. The molecule has 0 aliphatic carbocycles. The minimum Gasteiger partial charge on any atom is -0.344 e. The molecule has 6 heteroatoms. The summed E-state index contributed by atoms with van der Waals surface area (Å²) in [6, 6.07) is 61.9. The molecule has 0 spiro atoms. The number of aromatic nitrogens is 3. The molecule has 0 amide bonds. The summed E-state index contributed by atoms with van der Waals surface area (Å²) in [5.41, 5.74) is 8.45. The second-order valence-electron chi connectivity index (χ2n) is 13.8. The van der Waals surface area contributed by atoms with Crippen molar-refractivity contribution in [2.75, 3.05) is 0 Å². The van der Waals surface area contributed by atoms with Crippen molar-refractivity contribution in [2.45, 2.75) is 6.17 Å². The Labute approximate surface area is 311 Å². The van der Waals surface area contributed by atoms with Gasteiger partial charge in [-0.05, 0) is 75.6 Å². The van der Waals surface area contributed by atoms with Crippen molar-refractivity contribution in [1.82, 2.24) is 19.7 Å². The Bertz CT molecular complexity index is 3120. The summed E-state index contributed by atoms with van der Waals surface area (Å²) in [4.78, 5) is 10.2. The third-order valence-electron chi connectivity index (χ3n) is 10.6. The van der Waals surface area contributed by atoms with Crippen LogP contribution in [-0.2, 0) is 0 Å². The Balaban J connectivity index is 1.14. The highest BCUT2D eigenvalue weighted by atomic mass is 15.3. The molecule has 1 aliphatic rings. The van der Waals surface area contributed by atoms with E-state index in [4.69, 9.17) is 15.1 Å². The predicted molar refractivity (Wildman–Crippen MR) is 222 cm³/mol. The number of para-hydroxylation sites is 1. The maximum Gasteiger partial charge on any atom is 0.159 e. The summed E-state index contributed by atoms with van der Waals surface area (Å²) >= 11 is 0. The topological polar surface area (TPSA) is 59.5 Å². The molecule has 0 fully saturated rings. The molecule has 1 atom stereocenters. The molecule has 0 saturated carbocycles. The van der Waals surface area contributed by atoms with Crippen LogP contribution in [-0.4, -0.2) is 26.0 Å². The fourth-order valence-corrected chi connectivity index (χ4v) is 8.08. The molecule has 8 aromatic carbocycles. The fraction of sp³-hybridized carbons (Fsp3) is 0.0208. The molecule has 254 valence electrons. The van der Waals surface area contributed by atoms with E-state index in [0.717, 1.165) is 55.8 Å². The van der Waals surface area contributed by atoms with Gasteiger partial charge in [-0.15, -0.1) is 0 Å². The first-order valence-electron chi connectivity index (χ1n) is 18.2. The lowest BCUT2D eigenvalue weighted by Crippen LogP contribution is -2.33. The number of amidine groups is 2. The van der Waals surface area contributed by atoms with Gasteiger partial charge in [0.2, 0.25) is 0 Å². The molecule has 0 bridgehead atoms. The van der Waals surface area contributed by atoms with Crippen LogP contribution in [0.4, 0.5) is 0 Å². The van der Waals surface area contributed by atoms with Crippen LogP contribution in [0.1, 0.15) is 22.9 Å². The van der Waals surface area contributed by atoms with Crippen LogP contribution in [0.25, 0.3) is 65.6 Å². The van der Waals surface area contributed by atoms with E-state index < -0.39 is 0 Å². The lowest BCUT2D eigenvalue weighted by molar-refractivity contribution is 0.674. The van der Waals surface area contributed by atoms with Gasteiger partial charge in [0.15, 0.2) is 5.84 Å². The van der Waals surface area contributed by atoms with Crippen molar-refractivity contribution in [1.29, 1.82) is 0 Å². The van der Waals surface area contributed by atoms with Gasteiger partial charge in [0.05, 0.1) is 28.4 Å². The Kier molecular flexibility index (Phi) is 6.82. The quantitative estimate of drug-likeness (QED) is 0.183. The van der Waals surface area contributed by atoms with Gasteiger partial charge >= 0.3 is 0 Å². The molecule has 1 aliphatic heterocycles. The molecular weight excluding hydrogens is 661 g/mol. The lowest BCUT2D eigenvalue weighted by Gasteiger charge is -2.24. The summed E-state index contributed by atoms with van der Waals surface area (Å²) < 4.78 is 4.43. The molecule has 2 aromatic heterocycles. The van der Waals surface area contributed by atoms with Gasteiger partial charge in [0.1, 0.15) is 12.0 Å². The van der Waals surface area contributed by atoms with Crippen LogP contribution < -0.4 is 5.32 Å². The van der Waals surface area contributed by atoms with Crippen LogP contribution in [0.2, 0.25) is 0 Å². The van der Waals surface area contributed by atoms with Gasteiger partial charge in [0, 0.05) is 33.0 Å². The van der Waals surface area contributed by atoms with E-state index >= 15 is 0 Å². The zero-order valence-electron chi connectivity index (χ0n) is 29.1. The first-order chi connectivity index (χ1) is 26.8. The monoisotopic (exact) mass is 692 g/mol. The van der Waals surface area contributed by atoms with E-state index in [-0.39, 0.29) is 6.17 Å². The average Bonchev–Trinajstić information content (AvgIpc) is 3.83. The Morgan fingerprint density at radius 3 is 2.04 bits per heavy atom. The highest BCUT2D eigenvalue weighted by molar-refractivity contribution is 6.25. The summed E-state index contributed by atoms with van der Waals surface area (Å²) in [6.45, 7) is 0. The first kappa shape index (κ1) is 30.3. The Morgan fingerprint density at radius 1 is 0.481 bits per heavy atom. The SMILES string of the molecule is c1ccc(C2=NC(c3ccccc3)NC(c3cccc(-n4c5cc6ccc7ccccc7c6cc5c5c6cnn(-c7ccccc7)c6ccc54)c3)=N2)cc1. The van der Waals surface area contributed by atoms with Gasteiger partial charge in [-0.2, -0.15) is 5.10 Å². The fourth-order valence-electron chi connectivity index (χ4n) is 8.08. The van der Waals surface area contributed by atoms with E-state index in [0.29, 0.717) is 5.84 Å². The van der Waals surface area contributed by atoms with Crippen LogP contribution in [0, 0.1) is 0 Å². The molecule has 3 heterocycles. The molecule has 10 aromatic rings. The zero-order valence-corrected chi connectivity index (χ0v) is 29.1. The third kappa shape index (κ3) is 4.85. The van der Waals surface area contributed by atoms with Crippen LogP contribution in [0.5, 0.6) is 0 Å². The molecule has 0 radical (unpaired) electrons. The second-order valence-corrected chi connectivity index (χ2v) is 13.8. The number of nitrogens with one attached hydrogen (secondary N) is 1. The minimum absolute atomic E-state index is 0.276. The number of benzene rings is 8. The maximum atomic E-state index is 5.12. The lowest BCUT2D eigenvalue weighted by atomic mass is 9.99. The zero-order chi connectivity index (χ0) is 35.6. The normalized spacial score (nSPS) is 14.5. The van der Waals surface area contributed by atoms with E-state index in [2.05, 4.69) is 155 Å². The van der Waals surface area contributed by atoms with Gasteiger partial charge in [-0.1, -0.05) is 127 Å². The average molecular weight is 693 g/mol. The second kappa shape index (κ2) is 12.1. The van der Waals surface area contributed by atoms with E-state index in [9.17, 15) is 0 Å². The summed E-state index contributed by atoms with van der Waals surface area (Å²) in [6.07, 6.45) is 1.74. The molecule has 54 heavy (non-hydrogen) atoms. The van der Waals surface area contributed by atoms with E-state index in [1.54, 1.807) is 0 Å². The van der Waals surface area contributed by atoms with Crippen molar-refractivity contribution in [3.63, 3.8) is 0 Å². The number of hydrogen-bond acceptors (Lipinski definition) is 4. The van der Waals surface area contributed by atoms with Crippen LogP contribution in [0.15, 0.2) is 192 Å². The van der Waals surface area contributed by atoms with Crippen molar-refractivity contribution in [3.05, 3.63) is 199 Å². The third-order valence-corrected chi connectivity index (χ3v) is 10.6. The highest BCUT2D eigenvalue weighted by Crippen LogP contribution is 2.40. The maximum absolute atomic E-state index is 5.12. The molecule has 11 rings (SSSR count).